The average molecular weight is 361 g/mol. The Morgan fingerprint density at radius 2 is 1.04 bits per heavy atom. The number of benzene rings is 2. The van der Waals surface area contributed by atoms with Crippen molar-refractivity contribution in [2.24, 2.45) is 5.92 Å². The van der Waals surface area contributed by atoms with Crippen LogP contribution in [0.5, 0.6) is 0 Å². The minimum absolute atomic E-state index is 0.522. The van der Waals surface area contributed by atoms with Gasteiger partial charge in [0.15, 0.2) is 0 Å². The van der Waals surface area contributed by atoms with Crippen LogP contribution in [0.25, 0.3) is 0 Å². The molecule has 2 aromatic carbocycles. The van der Waals surface area contributed by atoms with E-state index in [9.17, 15) is 0 Å². The lowest BCUT2D eigenvalue weighted by Gasteiger charge is -2.35. The molecule has 0 bridgehead atoms. The molecule has 0 nitrogen and oxygen atoms in total. The van der Waals surface area contributed by atoms with E-state index in [1.807, 2.05) is 0 Å². The first kappa shape index (κ1) is 18.9. The second-order valence-electron chi connectivity index (χ2n) is 8.55. The quantitative estimate of drug-likeness (QED) is 0.628. The summed E-state index contributed by atoms with van der Waals surface area (Å²) in [4.78, 5) is 0. The Hall–Kier alpha value is -1.86. The molecule has 0 amide bonds. The highest BCUT2D eigenvalue weighted by atomic mass is 28.3. The highest BCUT2D eigenvalue weighted by Crippen LogP contribution is 2.36. The highest BCUT2D eigenvalue weighted by Gasteiger charge is 2.41. The zero-order chi connectivity index (χ0) is 19.2. The van der Waals surface area contributed by atoms with Gasteiger partial charge in [0.05, 0.1) is 0 Å². The van der Waals surface area contributed by atoms with Gasteiger partial charge in [0.25, 0.3) is 0 Å². The zero-order valence-electron chi connectivity index (χ0n) is 17.6. The maximum Gasteiger partial charge on any atom is 0.142 e. The van der Waals surface area contributed by atoms with Gasteiger partial charge in [-0.1, -0.05) is 94.5 Å². The van der Waals surface area contributed by atoms with E-state index < -0.39 is 8.07 Å². The molecule has 0 N–H and O–H groups in total. The van der Waals surface area contributed by atoms with Gasteiger partial charge in [-0.2, -0.15) is 0 Å². The summed E-state index contributed by atoms with van der Waals surface area (Å²) in [6.45, 7) is 18.5. The van der Waals surface area contributed by atoms with Gasteiger partial charge in [-0.05, 0) is 57.8 Å². The first-order valence-corrected chi connectivity index (χ1v) is 12.2. The molecule has 2 aromatic rings. The molecule has 0 heterocycles. The normalized spacial score (nSPS) is 17.7. The van der Waals surface area contributed by atoms with Crippen molar-refractivity contribution in [1.82, 2.24) is 0 Å². The van der Waals surface area contributed by atoms with Crippen molar-refractivity contribution in [2.75, 3.05) is 0 Å². The second-order valence-corrected chi connectivity index (χ2v) is 12.5. The average Bonchev–Trinajstić information content (AvgIpc) is 2.77. The van der Waals surface area contributed by atoms with Crippen molar-refractivity contribution in [3.63, 3.8) is 0 Å². The van der Waals surface area contributed by atoms with Crippen LogP contribution in [0.4, 0.5) is 0 Å². The third-order valence-corrected chi connectivity index (χ3v) is 10.9. The molecule has 0 saturated heterocycles. The fraction of sp³-hybridized carbons (Fsp3) is 0.360. The van der Waals surface area contributed by atoms with Gasteiger partial charge >= 0.3 is 0 Å². The molecule has 0 spiro atoms. The molecule has 26 heavy (non-hydrogen) atoms. The van der Waals surface area contributed by atoms with Crippen LogP contribution in [0.15, 0.2) is 58.8 Å². The van der Waals surface area contributed by atoms with Gasteiger partial charge in [-0.25, -0.2) is 0 Å². The maximum absolute atomic E-state index is 2.57. The van der Waals surface area contributed by atoms with Crippen molar-refractivity contribution in [2.45, 2.75) is 55.0 Å². The van der Waals surface area contributed by atoms with Crippen LogP contribution in [0, 0.1) is 33.6 Å². The van der Waals surface area contributed by atoms with Gasteiger partial charge < -0.3 is 0 Å². The Balaban J connectivity index is 2.36. The number of allylic oxidation sites excluding steroid dienone is 4. The largest absolute Gasteiger partial charge is 0.142 e. The van der Waals surface area contributed by atoms with Crippen LogP contribution in [-0.2, 0) is 0 Å². The summed E-state index contributed by atoms with van der Waals surface area (Å²) in [5.74, 6) is 0.522. The Bertz CT molecular complexity index is 835. The summed E-state index contributed by atoms with van der Waals surface area (Å²) >= 11 is 0. The topological polar surface area (TPSA) is 0 Å². The standard InChI is InChI=1S/C25H32Si/c1-16-9-17(2)12-23(11-16)26(8,24-13-18(3)10-19(4)14-24)25-21(6)15-20(5)22(25)7/h9-15,21H,1-8H3. The molecule has 1 aliphatic carbocycles. The monoisotopic (exact) mass is 360 g/mol. The minimum atomic E-state index is -2.03. The molecule has 0 saturated carbocycles. The van der Waals surface area contributed by atoms with Gasteiger partial charge in [0.1, 0.15) is 8.07 Å². The third kappa shape index (κ3) is 3.14. The van der Waals surface area contributed by atoms with E-state index in [0.29, 0.717) is 5.92 Å². The lowest BCUT2D eigenvalue weighted by Crippen LogP contribution is -2.59. The summed E-state index contributed by atoms with van der Waals surface area (Å²) in [5.41, 5.74) is 8.46. The molecule has 1 aliphatic rings. The summed E-state index contributed by atoms with van der Waals surface area (Å²) in [5, 5.41) is 4.78. The van der Waals surface area contributed by atoms with Gasteiger partial charge in [0, 0.05) is 0 Å². The predicted octanol–water partition coefficient (Wildman–Crippen LogP) is 5.56. The van der Waals surface area contributed by atoms with E-state index in [1.165, 1.54) is 33.4 Å². The van der Waals surface area contributed by atoms with E-state index in [1.54, 1.807) is 15.6 Å². The fourth-order valence-electron chi connectivity index (χ4n) is 4.97. The SMILES string of the molecule is CC1=CC(C)C([Si](C)(c2cc(C)cc(C)c2)c2cc(C)cc(C)c2)=C1C. The number of rotatable bonds is 3. The van der Waals surface area contributed by atoms with E-state index in [0.717, 1.165) is 0 Å². The molecular formula is C25H32Si. The summed E-state index contributed by atoms with van der Waals surface area (Å²) in [6.07, 6.45) is 2.46. The first-order valence-electron chi connectivity index (χ1n) is 9.70. The minimum Gasteiger partial charge on any atom is -0.0748 e. The zero-order valence-corrected chi connectivity index (χ0v) is 18.6. The van der Waals surface area contributed by atoms with E-state index in [-0.39, 0.29) is 0 Å². The van der Waals surface area contributed by atoms with E-state index >= 15 is 0 Å². The first-order chi connectivity index (χ1) is 12.1. The summed E-state index contributed by atoms with van der Waals surface area (Å²) < 4.78 is 0. The summed E-state index contributed by atoms with van der Waals surface area (Å²) in [6, 6.07) is 14.4. The number of aryl methyl sites for hydroxylation is 4. The number of hydrogen-bond donors (Lipinski definition) is 0. The maximum atomic E-state index is 2.57. The molecule has 1 atom stereocenters. The lowest BCUT2D eigenvalue weighted by molar-refractivity contribution is 0.921. The van der Waals surface area contributed by atoms with Crippen molar-refractivity contribution in [3.05, 3.63) is 81.1 Å². The van der Waals surface area contributed by atoms with Gasteiger partial charge in [-0.3, -0.25) is 0 Å². The van der Waals surface area contributed by atoms with Gasteiger partial charge in [0.2, 0.25) is 0 Å². The molecule has 0 radical (unpaired) electrons. The lowest BCUT2D eigenvalue weighted by atomic mass is 10.1. The molecule has 136 valence electrons. The Kier molecular flexibility index (Phi) is 4.87. The molecule has 1 unspecified atom stereocenters. The summed E-state index contributed by atoms with van der Waals surface area (Å²) in [7, 11) is -2.03. The predicted molar refractivity (Wildman–Crippen MR) is 118 cm³/mol. The van der Waals surface area contributed by atoms with Gasteiger partial charge in [-0.15, -0.1) is 0 Å². The van der Waals surface area contributed by atoms with Crippen LogP contribution in [-0.4, -0.2) is 8.07 Å². The van der Waals surface area contributed by atoms with Crippen molar-refractivity contribution < 1.29 is 0 Å². The van der Waals surface area contributed by atoms with E-state index in [2.05, 4.69) is 97.5 Å². The highest BCUT2D eigenvalue weighted by molar-refractivity contribution is 7.06. The molecule has 0 aromatic heterocycles. The molecule has 3 rings (SSSR count). The molecule has 0 aliphatic heterocycles. The van der Waals surface area contributed by atoms with Crippen LogP contribution < -0.4 is 10.4 Å². The van der Waals surface area contributed by atoms with Crippen LogP contribution >= 0.6 is 0 Å². The van der Waals surface area contributed by atoms with Crippen LogP contribution in [0.2, 0.25) is 6.55 Å². The van der Waals surface area contributed by atoms with Crippen LogP contribution in [0.3, 0.4) is 0 Å². The fourth-order valence-corrected chi connectivity index (χ4v) is 9.93. The Morgan fingerprint density at radius 3 is 1.35 bits per heavy atom. The Labute approximate surface area is 160 Å². The van der Waals surface area contributed by atoms with E-state index in [4.69, 9.17) is 0 Å². The molecular weight excluding hydrogens is 328 g/mol. The number of hydrogen-bond acceptors (Lipinski definition) is 0. The second kappa shape index (κ2) is 6.70. The van der Waals surface area contributed by atoms with Crippen molar-refractivity contribution in [3.8, 4) is 0 Å². The molecule has 0 fully saturated rings. The smallest absolute Gasteiger partial charge is 0.0748 e. The third-order valence-electron chi connectivity index (χ3n) is 6.09. The van der Waals surface area contributed by atoms with Crippen molar-refractivity contribution in [1.29, 1.82) is 0 Å². The van der Waals surface area contributed by atoms with Crippen LogP contribution in [0.1, 0.15) is 43.0 Å². The Morgan fingerprint density at radius 1 is 0.654 bits per heavy atom. The van der Waals surface area contributed by atoms with Crippen molar-refractivity contribution >= 4 is 18.4 Å². The molecule has 1 heteroatoms.